The monoisotopic (exact) mass is 328 g/mol. The molecule has 1 saturated carbocycles. The van der Waals surface area contributed by atoms with Crippen molar-refractivity contribution in [2.45, 2.75) is 43.7 Å². The SMILES string of the molecule is C=CCNC(=O)CN1CC[C@@](O)(c2ccccc2)[C@H]2CCCC[C@H]21. The predicted molar refractivity (Wildman–Crippen MR) is 95.5 cm³/mol. The quantitative estimate of drug-likeness (QED) is 0.816. The van der Waals surface area contributed by atoms with Gasteiger partial charge in [0.2, 0.25) is 5.91 Å². The molecular weight excluding hydrogens is 300 g/mol. The molecule has 2 aliphatic rings. The fraction of sp³-hybridized carbons (Fsp3) is 0.550. The third-order valence-corrected chi connectivity index (χ3v) is 5.66. The van der Waals surface area contributed by atoms with E-state index in [9.17, 15) is 9.90 Å². The van der Waals surface area contributed by atoms with Crippen LogP contribution in [0, 0.1) is 5.92 Å². The summed E-state index contributed by atoms with van der Waals surface area (Å²) in [6.45, 7) is 5.32. The number of hydrogen-bond acceptors (Lipinski definition) is 3. The topological polar surface area (TPSA) is 52.6 Å². The van der Waals surface area contributed by atoms with Crippen LogP contribution in [0.4, 0.5) is 0 Å². The molecule has 0 spiro atoms. The van der Waals surface area contributed by atoms with E-state index < -0.39 is 5.60 Å². The second-order valence-electron chi connectivity index (χ2n) is 7.06. The number of fused-ring (bicyclic) bond motifs is 1. The number of nitrogens with zero attached hydrogens (tertiary/aromatic N) is 1. The number of amides is 1. The highest BCUT2D eigenvalue weighted by Crippen LogP contribution is 2.46. The molecule has 1 aliphatic heterocycles. The zero-order valence-corrected chi connectivity index (χ0v) is 14.3. The summed E-state index contributed by atoms with van der Waals surface area (Å²) in [5.41, 5.74) is 0.262. The summed E-state index contributed by atoms with van der Waals surface area (Å²) in [6.07, 6.45) is 6.82. The summed E-state index contributed by atoms with van der Waals surface area (Å²) in [7, 11) is 0. The normalized spacial score (nSPS) is 30.4. The van der Waals surface area contributed by atoms with Crippen LogP contribution in [0.15, 0.2) is 43.0 Å². The number of carbonyl (C=O) groups excluding carboxylic acids is 1. The predicted octanol–water partition coefficient (Wildman–Crippen LogP) is 2.44. The van der Waals surface area contributed by atoms with Crippen molar-refractivity contribution in [1.82, 2.24) is 10.2 Å². The van der Waals surface area contributed by atoms with E-state index in [1.165, 1.54) is 6.42 Å². The molecule has 130 valence electrons. The number of rotatable bonds is 5. The average Bonchev–Trinajstić information content (AvgIpc) is 2.63. The fourth-order valence-electron chi connectivity index (χ4n) is 4.48. The molecule has 1 aromatic carbocycles. The first-order chi connectivity index (χ1) is 11.6. The Kier molecular flexibility index (Phi) is 5.36. The molecule has 1 heterocycles. The molecule has 2 fully saturated rings. The van der Waals surface area contributed by atoms with Gasteiger partial charge in [-0.15, -0.1) is 6.58 Å². The van der Waals surface area contributed by atoms with E-state index in [4.69, 9.17) is 0 Å². The van der Waals surface area contributed by atoms with Gasteiger partial charge in [-0.05, 0) is 24.8 Å². The zero-order valence-electron chi connectivity index (χ0n) is 14.3. The summed E-state index contributed by atoms with van der Waals surface area (Å²) in [4.78, 5) is 14.4. The highest BCUT2D eigenvalue weighted by Gasteiger charge is 2.49. The van der Waals surface area contributed by atoms with Gasteiger partial charge < -0.3 is 10.4 Å². The summed E-state index contributed by atoms with van der Waals surface area (Å²) < 4.78 is 0. The van der Waals surface area contributed by atoms with E-state index >= 15 is 0 Å². The second-order valence-corrected chi connectivity index (χ2v) is 7.06. The van der Waals surface area contributed by atoms with Crippen molar-refractivity contribution >= 4 is 5.91 Å². The van der Waals surface area contributed by atoms with E-state index in [0.29, 0.717) is 19.5 Å². The van der Waals surface area contributed by atoms with Crippen molar-refractivity contribution in [1.29, 1.82) is 0 Å². The average molecular weight is 328 g/mol. The Morgan fingerprint density at radius 3 is 2.83 bits per heavy atom. The molecule has 4 heteroatoms. The molecular formula is C20H28N2O2. The molecule has 0 unspecified atom stereocenters. The Labute approximate surface area is 144 Å². The third-order valence-electron chi connectivity index (χ3n) is 5.66. The number of benzene rings is 1. The Balaban J connectivity index is 1.77. The Bertz CT molecular complexity index is 574. The molecule has 1 amide bonds. The maximum Gasteiger partial charge on any atom is 0.234 e. The molecule has 3 atom stereocenters. The lowest BCUT2D eigenvalue weighted by atomic mass is 9.66. The van der Waals surface area contributed by atoms with Crippen LogP contribution in [0.2, 0.25) is 0 Å². The maximum atomic E-state index is 12.1. The van der Waals surface area contributed by atoms with E-state index in [1.807, 2.05) is 30.3 Å². The minimum Gasteiger partial charge on any atom is -0.385 e. The van der Waals surface area contributed by atoms with E-state index in [0.717, 1.165) is 31.4 Å². The summed E-state index contributed by atoms with van der Waals surface area (Å²) in [5.74, 6) is 0.249. The van der Waals surface area contributed by atoms with Gasteiger partial charge in [-0.1, -0.05) is 49.2 Å². The Morgan fingerprint density at radius 2 is 2.08 bits per heavy atom. The van der Waals surface area contributed by atoms with Crippen molar-refractivity contribution in [3.8, 4) is 0 Å². The van der Waals surface area contributed by atoms with Gasteiger partial charge in [0.15, 0.2) is 0 Å². The number of aliphatic hydroxyl groups is 1. The Hall–Kier alpha value is -1.65. The highest BCUT2D eigenvalue weighted by molar-refractivity contribution is 5.78. The van der Waals surface area contributed by atoms with Gasteiger partial charge in [0.25, 0.3) is 0 Å². The lowest BCUT2D eigenvalue weighted by molar-refractivity contribution is -0.136. The first-order valence-electron chi connectivity index (χ1n) is 9.04. The summed E-state index contributed by atoms with van der Waals surface area (Å²) in [5, 5.41) is 14.4. The number of piperidine rings is 1. The van der Waals surface area contributed by atoms with E-state index in [2.05, 4.69) is 16.8 Å². The minimum absolute atomic E-state index is 0.0457. The maximum absolute atomic E-state index is 12.1. The molecule has 3 rings (SSSR count). The number of nitrogens with one attached hydrogen (secondary N) is 1. The number of hydrogen-bond donors (Lipinski definition) is 2. The number of carbonyl (C=O) groups is 1. The van der Waals surface area contributed by atoms with Crippen molar-refractivity contribution < 1.29 is 9.90 Å². The molecule has 0 aromatic heterocycles. The standard InChI is InChI=1S/C20H28N2O2/c1-2-13-21-19(23)15-22-14-12-20(24,16-8-4-3-5-9-16)17-10-6-7-11-18(17)22/h2-5,8-9,17-18,24H,1,6-7,10-15H2,(H,21,23)/t17-,18+,20+/m0/s1. The van der Waals surface area contributed by atoms with Gasteiger partial charge in [0.1, 0.15) is 0 Å². The second kappa shape index (κ2) is 7.49. The summed E-state index contributed by atoms with van der Waals surface area (Å²) >= 11 is 0. The van der Waals surface area contributed by atoms with Crippen LogP contribution in [-0.4, -0.2) is 41.6 Å². The van der Waals surface area contributed by atoms with Gasteiger partial charge in [-0.2, -0.15) is 0 Å². The lowest BCUT2D eigenvalue weighted by Crippen LogP contribution is -2.59. The Morgan fingerprint density at radius 1 is 1.33 bits per heavy atom. The van der Waals surface area contributed by atoms with Crippen LogP contribution in [0.25, 0.3) is 0 Å². The van der Waals surface area contributed by atoms with Crippen LogP contribution in [0.5, 0.6) is 0 Å². The molecule has 1 saturated heterocycles. The minimum atomic E-state index is -0.763. The van der Waals surface area contributed by atoms with Crippen molar-refractivity contribution in [3.05, 3.63) is 48.6 Å². The van der Waals surface area contributed by atoms with Crippen molar-refractivity contribution in [2.24, 2.45) is 5.92 Å². The van der Waals surface area contributed by atoms with Gasteiger partial charge in [-0.3, -0.25) is 9.69 Å². The van der Waals surface area contributed by atoms with Gasteiger partial charge in [0.05, 0.1) is 12.1 Å². The van der Waals surface area contributed by atoms with Crippen LogP contribution >= 0.6 is 0 Å². The molecule has 0 bridgehead atoms. The first-order valence-corrected chi connectivity index (χ1v) is 9.04. The third kappa shape index (κ3) is 3.40. The molecule has 1 aromatic rings. The largest absolute Gasteiger partial charge is 0.385 e. The van der Waals surface area contributed by atoms with Gasteiger partial charge >= 0.3 is 0 Å². The van der Waals surface area contributed by atoms with Crippen LogP contribution in [0.1, 0.15) is 37.7 Å². The van der Waals surface area contributed by atoms with Gasteiger partial charge in [0, 0.05) is 25.0 Å². The van der Waals surface area contributed by atoms with E-state index in [-0.39, 0.29) is 17.9 Å². The van der Waals surface area contributed by atoms with Crippen LogP contribution in [-0.2, 0) is 10.4 Å². The lowest BCUT2D eigenvalue weighted by Gasteiger charge is -2.52. The molecule has 1 aliphatic carbocycles. The molecule has 2 N–H and O–H groups in total. The van der Waals surface area contributed by atoms with E-state index in [1.54, 1.807) is 6.08 Å². The van der Waals surface area contributed by atoms with Crippen LogP contribution in [0.3, 0.4) is 0 Å². The van der Waals surface area contributed by atoms with Gasteiger partial charge in [-0.25, -0.2) is 0 Å². The highest BCUT2D eigenvalue weighted by atomic mass is 16.3. The smallest absolute Gasteiger partial charge is 0.234 e. The molecule has 0 radical (unpaired) electrons. The molecule has 4 nitrogen and oxygen atoms in total. The first kappa shape index (κ1) is 17.2. The summed E-state index contributed by atoms with van der Waals surface area (Å²) in [6, 6.07) is 10.4. The van der Waals surface area contributed by atoms with Crippen molar-refractivity contribution in [2.75, 3.05) is 19.6 Å². The van der Waals surface area contributed by atoms with Crippen LogP contribution < -0.4 is 5.32 Å². The zero-order chi connectivity index (χ0) is 17.0. The van der Waals surface area contributed by atoms with Crippen molar-refractivity contribution in [3.63, 3.8) is 0 Å². The fourth-order valence-corrected chi connectivity index (χ4v) is 4.48. The number of likely N-dealkylation sites (tertiary alicyclic amines) is 1. The molecule has 24 heavy (non-hydrogen) atoms.